The Balaban J connectivity index is 4.01. The Morgan fingerprint density at radius 3 is 1.15 bits per heavy atom. The van der Waals surface area contributed by atoms with Crippen LogP contribution < -0.4 is 0 Å². The molecule has 0 saturated heterocycles. The van der Waals surface area contributed by atoms with Gasteiger partial charge >= 0.3 is 0 Å². The van der Waals surface area contributed by atoms with Crippen molar-refractivity contribution in [2.45, 2.75) is 113 Å². The minimum Gasteiger partial charge on any atom is -0.0856 e. The second-order valence-electron chi connectivity index (χ2n) is 8.43. The quantitative estimate of drug-likeness (QED) is 0.211. The van der Waals surface area contributed by atoms with E-state index in [0.29, 0.717) is 0 Å². The third-order valence-electron chi connectivity index (χ3n) is 4.95. The minimum atomic E-state index is 1.18. The van der Waals surface area contributed by atoms with E-state index in [4.69, 9.17) is 0 Å². The molecule has 0 bridgehead atoms. The van der Waals surface area contributed by atoms with Crippen molar-refractivity contribution >= 4 is 0 Å². The van der Waals surface area contributed by atoms with E-state index in [9.17, 15) is 0 Å². The number of allylic oxidation sites excluding steroid dienone is 10. The van der Waals surface area contributed by atoms with Crippen molar-refractivity contribution in [1.29, 1.82) is 0 Å². The van der Waals surface area contributed by atoms with Crippen LogP contribution >= 0.6 is 0 Å². The molecule has 27 heavy (non-hydrogen) atoms. The van der Waals surface area contributed by atoms with Crippen molar-refractivity contribution in [2.24, 2.45) is 0 Å². The van der Waals surface area contributed by atoms with Crippen LogP contribution in [0, 0.1) is 0 Å². The monoisotopic (exact) mass is 370 g/mol. The van der Waals surface area contributed by atoms with Crippen LogP contribution in [0.4, 0.5) is 0 Å². The molecule has 0 N–H and O–H groups in total. The molecule has 0 amide bonds. The molecular formula is C27H46. The lowest BCUT2D eigenvalue weighted by Gasteiger charge is -2.02. The van der Waals surface area contributed by atoms with Crippen LogP contribution in [0.3, 0.4) is 0 Å². The van der Waals surface area contributed by atoms with Crippen molar-refractivity contribution in [2.75, 3.05) is 0 Å². The van der Waals surface area contributed by atoms with E-state index < -0.39 is 0 Å². The number of hydrogen-bond donors (Lipinski definition) is 0. The van der Waals surface area contributed by atoms with Crippen LogP contribution in [-0.2, 0) is 0 Å². The lowest BCUT2D eigenvalue weighted by atomic mass is 10.0. The summed E-state index contributed by atoms with van der Waals surface area (Å²) >= 11 is 0. The summed E-state index contributed by atoms with van der Waals surface area (Å²) < 4.78 is 0. The number of rotatable bonds is 14. The Morgan fingerprint density at radius 2 is 0.778 bits per heavy atom. The summed E-state index contributed by atoms with van der Waals surface area (Å²) in [5.74, 6) is 0. The molecule has 0 spiro atoms. The molecule has 0 aliphatic carbocycles. The molecule has 0 heterocycles. The molecule has 0 aliphatic heterocycles. The standard InChI is InChI=1S/C27H46/c1-8-14-24(4)19-12-20-25(5)16-9-10-17-26(6)21-13-22-27(7)18-11-15-23(2)3/h15-17,19,22H,8-14,18,20-21H2,1-7H3/b24-19+,25-16+,26-17+,27-22+. The van der Waals surface area contributed by atoms with Gasteiger partial charge in [-0.05, 0) is 99.3 Å². The van der Waals surface area contributed by atoms with Gasteiger partial charge in [0.1, 0.15) is 0 Å². The van der Waals surface area contributed by atoms with Gasteiger partial charge in [0, 0.05) is 0 Å². The molecule has 0 unspecified atom stereocenters. The molecule has 0 aromatic rings. The minimum absolute atomic E-state index is 1.18. The fourth-order valence-corrected chi connectivity index (χ4v) is 3.14. The first kappa shape index (κ1) is 25.7. The molecule has 0 nitrogen and oxygen atoms in total. The molecule has 0 radical (unpaired) electrons. The highest BCUT2D eigenvalue weighted by Crippen LogP contribution is 2.14. The number of hydrogen-bond acceptors (Lipinski definition) is 0. The van der Waals surface area contributed by atoms with E-state index in [-0.39, 0.29) is 0 Å². The van der Waals surface area contributed by atoms with Crippen molar-refractivity contribution < 1.29 is 0 Å². The topological polar surface area (TPSA) is 0 Å². The molecule has 0 atom stereocenters. The molecule has 154 valence electrons. The normalized spacial score (nSPS) is 13.9. The van der Waals surface area contributed by atoms with Crippen LogP contribution in [0.15, 0.2) is 58.2 Å². The van der Waals surface area contributed by atoms with E-state index in [1.165, 1.54) is 86.5 Å². The predicted octanol–water partition coefficient (Wildman–Crippen LogP) is 9.66. The van der Waals surface area contributed by atoms with E-state index in [1.807, 2.05) is 0 Å². The summed E-state index contributed by atoms with van der Waals surface area (Å²) in [6.45, 7) is 15.7. The Morgan fingerprint density at radius 1 is 0.444 bits per heavy atom. The van der Waals surface area contributed by atoms with Gasteiger partial charge in [0.25, 0.3) is 0 Å². The van der Waals surface area contributed by atoms with Crippen LogP contribution in [0.25, 0.3) is 0 Å². The molecule has 0 heteroatoms. The van der Waals surface area contributed by atoms with Gasteiger partial charge in [-0.15, -0.1) is 0 Å². The number of unbranched alkanes of at least 4 members (excludes halogenated alkanes) is 1. The van der Waals surface area contributed by atoms with Crippen LogP contribution in [0.5, 0.6) is 0 Å². The second kappa shape index (κ2) is 16.8. The summed E-state index contributed by atoms with van der Waals surface area (Å²) in [4.78, 5) is 0. The third kappa shape index (κ3) is 17.9. The molecule has 0 fully saturated rings. The van der Waals surface area contributed by atoms with E-state index in [1.54, 1.807) is 5.57 Å². The SMILES string of the molecule is CCC/C(C)=C/CC/C(C)=C/CC/C=C(\C)CC/C=C(\C)CCC=C(C)C. The zero-order valence-corrected chi connectivity index (χ0v) is 19.5. The van der Waals surface area contributed by atoms with Gasteiger partial charge in [0.05, 0.1) is 0 Å². The first-order chi connectivity index (χ1) is 12.8. The molecule has 0 aromatic heterocycles. The fraction of sp³-hybridized carbons (Fsp3) is 0.630. The van der Waals surface area contributed by atoms with Crippen LogP contribution in [-0.4, -0.2) is 0 Å². The maximum Gasteiger partial charge on any atom is -0.0288 e. The first-order valence-electron chi connectivity index (χ1n) is 11.1. The van der Waals surface area contributed by atoms with Crippen molar-refractivity contribution in [3.05, 3.63) is 58.2 Å². The van der Waals surface area contributed by atoms with Crippen molar-refractivity contribution in [3.63, 3.8) is 0 Å². The van der Waals surface area contributed by atoms with E-state index >= 15 is 0 Å². The van der Waals surface area contributed by atoms with Gasteiger partial charge in [-0.1, -0.05) is 71.6 Å². The summed E-state index contributed by atoms with van der Waals surface area (Å²) in [6.07, 6.45) is 24.1. The van der Waals surface area contributed by atoms with E-state index in [0.717, 1.165) is 0 Å². The van der Waals surface area contributed by atoms with Crippen molar-refractivity contribution in [3.8, 4) is 0 Å². The fourth-order valence-electron chi connectivity index (χ4n) is 3.14. The zero-order valence-electron chi connectivity index (χ0n) is 19.5. The van der Waals surface area contributed by atoms with Gasteiger partial charge in [0.15, 0.2) is 0 Å². The Labute approximate surface area is 171 Å². The first-order valence-corrected chi connectivity index (χ1v) is 11.1. The highest BCUT2D eigenvalue weighted by Gasteiger charge is 1.93. The highest BCUT2D eigenvalue weighted by molar-refractivity contribution is 5.07. The third-order valence-corrected chi connectivity index (χ3v) is 4.95. The summed E-state index contributed by atoms with van der Waals surface area (Å²) in [7, 11) is 0. The Hall–Kier alpha value is -1.30. The average Bonchev–Trinajstić information content (AvgIpc) is 2.58. The maximum atomic E-state index is 2.43. The van der Waals surface area contributed by atoms with Crippen LogP contribution in [0.1, 0.15) is 113 Å². The lowest BCUT2D eigenvalue weighted by Crippen LogP contribution is -1.82. The maximum absolute atomic E-state index is 2.43. The molecule has 0 aliphatic rings. The highest BCUT2D eigenvalue weighted by atomic mass is 14.0. The van der Waals surface area contributed by atoms with Gasteiger partial charge in [-0.25, -0.2) is 0 Å². The van der Waals surface area contributed by atoms with Crippen LogP contribution in [0.2, 0.25) is 0 Å². The second-order valence-corrected chi connectivity index (χ2v) is 8.43. The smallest absolute Gasteiger partial charge is 0.0288 e. The average molecular weight is 371 g/mol. The summed E-state index contributed by atoms with van der Waals surface area (Å²) in [6, 6.07) is 0. The summed E-state index contributed by atoms with van der Waals surface area (Å²) in [5.41, 5.74) is 7.57. The van der Waals surface area contributed by atoms with Gasteiger partial charge in [-0.3, -0.25) is 0 Å². The van der Waals surface area contributed by atoms with Gasteiger partial charge in [-0.2, -0.15) is 0 Å². The zero-order chi connectivity index (χ0) is 20.5. The van der Waals surface area contributed by atoms with E-state index in [2.05, 4.69) is 78.8 Å². The van der Waals surface area contributed by atoms with Crippen molar-refractivity contribution in [1.82, 2.24) is 0 Å². The summed E-state index contributed by atoms with van der Waals surface area (Å²) in [5, 5.41) is 0. The molecule has 0 saturated carbocycles. The Bertz CT molecular complexity index is 530. The molecule has 0 rings (SSSR count). The largest absolute Gasteiger partial charge is 0.0856 e. The lowest BCUT2D eigenvalue weighted by molar-refractivity contribution is 0.876. The molecule has 0 aromatic carbocycles. The molecular weight excluding hydrogens is 324 g/mol. The van der Waals surface area contributed by atoms with Gasteiger partial charge < -0.3 is 0 Å². The Kier molecular flexibility index (Phi) is 16.0. The van der Waals surface area contributed by atoms with Gasteiger partial charge in [0.2, 0.25) is 0 Å². The predicted molar refractivity (Wildman–Crippen MR) is 126 cm³/mol.